The van der Waals surface area contributed by atoms with Crippen molar-refractivity contribution in [2.75, 3.05) is 11.4 Å². The third-order valence-corrected chi connectivity index (χ3v) is 3.79. The molecule has 0 aliphatic carbocycles. The molecule has 5 nitrogen and oxygen atoms in total. The Morgan fingerprint density at radius 3 is 2.77 bits per heavy atom. The van der Waals surface area contributed by atoms with Gasteiger partial charge < -0.3 is 11.1 Å². The van der Waals surface area contributed by atoms with Crippen molar-refractivity contribution in [1.29, 1.82) is 0 Å². The largest absolute Gasteiger partial charge is 0.366 e. The van der Waals surface area contributed by atoms with Crippen LogP contribution in [-0.4, -0.2) is 18.5 Å². The molecule has 1 aliphatic rings. The van der Waals surface area contributed by atoms with Crippen LogP contribution in [0.5, 0.6) is 0 Å². The van der Waals surface area contributed by atoms with E-state index in [0.29, 0.717) is 18.7 Å². The van der Waals surface area contributed by atoms with Crippen LogP contribution >= 0.6 is 0 Å². The molecule has 2 aromatic carbocycles. The maximum absolute atomic E-state index is 12.3. The minimum Gasteiger partial charge on any atom is -0.366 e. The predicted molar refractivity (Wildman–Crippen MR) is 84.7 cm³/mol. The van der Waals surface area contributed by atoms with E-state index in [2.05, 4.69) is 5.32 Å². The van der Waals surface area contributed by atoms with Crippen molar-refractivity contribution >= 4 is 17.6 Å². The molecule has 3 N–H and O–H groups in total. The van der Waals surface area contributed by atoms with Crippen molar-refractivity contribution in [1.82, 2.24) is 5.32 Å². The van der Waals surface area contributed by atoms with Crippen LogP contribution in [0.4, 0.5) is 10.5 Å². The Morgan fingerprint density at radius 1 is 1.14 bits per heavy atom. The second kappa shape index (κ2) is 5.89. The first-order valence-corrected chi connectivity index (χ1v) is 7.17. The smallest absolute Gasteiger partial charge is 0.322 e. The van der Waals surface area contributed by atoms with Gasteiger partial charge in [-0.2, -0.15) is 0 Å². The monoisotopic (exact) mass is 295 g/mol. The van der Waals surface area contributed by atoms with Gasteiger partial charge in [0.15, 0.2) is 0 Å². The summed E-state index contributed by atoms with van der Waals surface area (Å²) in [7, 11) is 0. The highest BCUT2D eigenvalue weighted by atomic mass is 16.2. The summed E-state index contributed by atoms with van der Waals surface area (Å²) in [6, 6.07) is 14.7. The van der Waals surface area contributed by atoms with Gasteiger partial charge >= 0.3 is 6.03 Å². The standard InChI is InChI=1S/C17H17N3O2/c18-16(21)14-6-3-4-12(10-14)11-19-17(22)20-9-8-13-5-1-2-7-15(13)20/h1-7,10H,8-9,11H2,(H2,18,21)(H,19,22). The number of anilines is 1. The molecule has 0 saturated heterocycles. The van der Waals surface area contributed by atoms with Gasteiger partial charge in [-0.05, 0) is 35.7 Å². The van der Waals surface area contributed by atoms with E-state index >= 15 is 0 Å². The lowest BCUT2D eigenvalue weighted by atomic mass is 10.1. The van der Waals surface area contributed by atoms with Gasteiger partial charge in [-0.15, -0.1) is 0 Å². The minimum atomic E-state index is -0.471. The Hall–Kier alpha value is -2.82. The van der Waals surface area contributed by atoms with Crippen molar-refractivity contribution in [2.24, 2.45) is 5.73 Å². The van der Waals surface area contributed by atoms with Crippen molar-refractivity contribution in [3.05, 3.63) is 65.2 Å². The number of hydrogen-bond donors (Lipinski definition) is 2. The first-order valence-electron chi connectivity index (χ1n) is 7.17. The zero-order valence-electron chi connectivity index (χ0n) is 12.1. The van der Waals surface area contributed by atoms with Crippen LogP contribution in [0.15, 0.2) is 48.5 Å². The number of para-hydroxylation sites is 1. The molecule has 0 saturated carbocycles. The van der Waals surface area contributed by atoms with Crippen molar-refractivity contribution in [3.8, 4) is 0 Å². The van der Waals surface area contributed by atoms with Crippen LogP contribution in [0.3, 0.4) is 0 Å². The van der Waals surface area contributed by atoms with Gasteiger partial charge in [0.25, 0.3) is 0 Å². The van der Waals surface area contributed by atoms with E-state index in [1.807, 2.05) is 30.3 Å². The lowest BCUT2D eigenvalue weighted by Gasteiger charge is -2.18. The molecule has 3 rings (SSSR count). The summed E-state index contributed by atoms with van der Waals surface area (Å²) in [6.07, 6.45) is 0.876. The molecular weight excluding hydrogens is 278 g/mol. The van der Waals surface area contributed by atoms with Gasteiger partial charge in [0.05, 0.1) is 0 Å². The molecule has 112 valence electrons. The van der Waals surface area contributed by atoms with E-state index in [9.17, 15) is 9.59 Å². The summed E-state index contributed by atoms with van der Waals surface area (Å²) in [4.78, 5) is 25.2. The number of rotatable bonds is 3. The molecule has 1 aliphatic heterocycles. The Morgan fingerprint density at radius 2 is 1.95 bits per heavy atom. The van der Waals surface area contributed by atoms with Gasteiger partial charge in [0, 0.05) is 24.3 Å². The number of fused-ring (bicyclic) bond motifs is 1. The van der Waals surface area contributed by atoms with Gasteiger partial charge in [-0.3, -0.25) is 9.69 Å². The van der Waals surface area contributed by atoms with Crippen molar-refractivity contribution in [3.63, 3.8) is 0 Å². The van der Waals surface area contributed by atoms with Crippen LogP contribution < -0.4 is 16.0 Å². The second-order valence-electron chi connectivity index (χ2n) is 5.25. The lowest BCUT2D eigenvalue weighted by Crippen LogP contribution is -2.38. The summed E-state index contributed by atoms with van der Waals surface area (Å²) < 4.78 is 0. The highest BCUT2D eigenvalue weighted by Gasteiger charge is 2.23. The number of primary amides is 1. The number of nitrogens with two attached hydrogens (primary N) is 1. The van der Waals surface area contributed by atoms with Crippen LogP contribution in [0.25, 0.3) is 0 Å². The summed E-state index contributed by atoms with van der Waals surface area (Å²) in [6.45, 7) is 1.05. The summed E-state index contributed by atoms with van der Waals surface area (Å²) in [5, 5.41) is 2.88. The van der Waals surface area contributed by atoms with E-state index in [-0.39, 0.29) is 6.03 Å². The van der Waals surface area contributed by atoms with E-state index in [1.165, 1.54) is 5.56 Å². The van der Waals surface area contributed by atoms with Gasteiger partial charge in [0.1, 0.15) is 0 Å². The highest BCUT2D eigenvalue weighted by molar-refractivity contribution is 5.94. The SMILES string of the molecule is NC(=O)c1cccc(CNC(=O)N2CCc3ccccc32)c1. The highest BCUT2D eigenvalue weighted by Crippen LogP contribution is 2.27. The number of nitrogens with zero attached hydrogens (tertiary/aromatic N) is 1. The third-order valence-electron chi connectivity index (χ3n) is 3.79. The minimum absolute atomic E-state index is 0.130. The van der Waals surface area contributed by atoms with E-state index < -0.39 is 5.91 Å². The Bertz CT molecular complexity index is 727. The molecule has 0 aromatic heterocycles. The van der Waals surface area contributed by atoms with Crippen molar-refractivity contribution < 1.29 is 9.59 Å². The van der Waals surface area contributed by atoms with Gasteiger partial charge in [-0.1, -0.05) is 30.3 Å². The molecule has 0 spiro atoms. The molecule has 3 amide bonds. The van der Waals surface area contributed by atoms with Crippen molar-refractivity contribution in [2.45, 2.75) is 13.0 Å². The Balaban J connectivity index is 1.66. The van der Waals surface area contributed by atoms with Gasteiger partial charge in [0.2, 0.25) is 5.91 Å². The first kappa shape index (κ1) is 14.1. The summed E-state index contributed by atoms with van der Waals surface area (Å²) >= 11 is 0. The number of nitrogens with one attached hydrogen (secondary N) is 1. The maximum Gasteiger partial charge on any atom is 0.322 e. The second-order valence-corrected chi connectivity index (χ2v) is 5.25. The average Bonchev–Trinajstić information content (AvgIpc) is 2.97. The molecule has 1 heterocycles. The summed E-state index contributed by atoms with van der Waals surface area (Å²) in [5.41, 5.74) is 8.70. The fraction of sp³-hybridized carbons (Fsp3) is 0.176. The number of hydrogen-bond acceptors (Lipinski definition) is 2. The average molecular weight is 295 g/mol. The lowest BCUT2D eigenvalue weighted by molar-refractivity contribution is 0.1000. The van der Waals surface area contributed by atoms with Crippen LogP contribution in [0.1, 0.15) is 21.5 Å². The van der Waals surface area contributed by atoms with Gasteiger partial charge in [-0.25, -0.2) is 4.79 Å². The van der Waals surface area contributed by atoms with Crippen LogP contribution in [0, 0.1) is 0 Å². The zero-order chi connectivity index (χ0) is 15.5. The van der Waals surface area contributed by atoms with Crippen LogP contribution in [-0.2, 0) is 13.0 Å². The predicted octanol–water partition coefficient (Wildman–Crippen LogP) is 2.06. The third kappa shape index (κ3) is 2.79. The molecule has 5 heteroatoms. The molecule has 2 aromatic rings. The quantitative estimate of drug-likeness (QED) is 0.909. The molecule has 0 atom stereocenters. The topological polar surface area (TPSA) is 75.4 Å². The normalized spacial score (nSPS) is 12.8. The number of urea groups is 1. The molecular formula is C17H17N3O2. The summed E-state index contributed by atoms with van der Waals surface area (Å²) in [5.74, 6) is -0.471. The zero-order valence-corrected chi connectivity index (χ0v) is 12.1. The fourth-order valence-electron chi connectivity index (χ4n) is 2.66. The van der Waals surface area contributed by atoms with E-state index in [0.717, 1.165) is 17.7 Å². The van der Waals surface area contributed by atoms with Crippen LogP contribution in [0.2, 0.25) is 0 Å². The maximum atomic E-state index is 12.3. The number of amides is 3. The fourth-order valence-corrected chi connectivity index (χ4v) is 2.66. The molecule has 0 unspecified atom stereocenters. The molecule has 22 heavy (non-hydrogen) atoms. The Kier molecular flexibility index (Phi) is 3.78. The van der Waals surface area contributed by atoms with E-state index in [4.69, 9.17) is 5.73 Å². The number of carbonyl (C=O) groups excluding carboxylic acids is 2. The van der Waals surface area contributed by atoms with E-state index in [1.54, 1.807) is 23.1 Å². The first-order chi connectivity index (χ1) is 10.6. The number of benzene rings is 2. The Labute approximate surface area is 128 Å². The molecule has 0 fully saturated rings. The molecule has 0 radical (unpaired) electrons. The molecule has 0 bridgehead atoms. The number of carbonyl (C=O) groups is 2.